The molecular formula is C12H20BrMgOSi. The minimum Gasteiger partial charge on any atom is -1.00 e. The van der Waals surface area contributed by atoms with Crippen molar-refractivity contribution in [2.45, 2.75) is 39.3 Å². The Morgan fingerprint density at radius 1 is 1.25 bits per heavy atom. The first-order valence-corrected chi connectivity index (χ1v) is 8.29. The summed E-state index contributed by atoms with van der Waals surface area (Å²) in [7, 11) is -0.701. The molecule has 4 heteroatoms. The topological polar surface area (TPSA) is 9.23 Å². The fourth-order valence-corrected chi connectivity index (χ4v) is 2.35. The third-order valence-electron chi connectivity index (χ3n) is 2.11. The minimum absolute atomic E-state index is 0. The van der Waals surface area contributed by atoms with E-state index in [9.17, 15) is 0 Å². The van der Waals surface area contributed by atoms with E-state index in [0.717, 1.165) is 10.2 Å². The Balaban J connectivity index is -0.000000750. The first-order valence-electron chi connectivity index (χ1n) is 5.09. The first kappa shape index (κ1) is 16.5. The molecule has 0 bridgehead atoms. The Hall–Kier alpha value is 0.483. The monoisotopic (exact) mass is 311 g/mol. The number of rotatable bonds is 2. The Morgan fingerprint density at radius 2 is 1.81 bits per heavy atom. The second-order valence-electron chi connectivity index (χ2n) is 4.91. The molecule has 0 heterocycles. The molecule has 0 aliphatic heterocycles. The van der Waals surface area contributed by atoms with E-state index < -0.39 is 9.04 Å². The summed E-state index contributed by atoms with van der Waals surface area (Å²) in [6.45, 7) is 10.9. The molecule has 0 aliphatic rings. The van der Waals surface area contributed by atoms with Crippen molar-refractivity contribution >= 4 is 48.0 Å². The minimum atomic E-state index is -0.701. The molecule has 0 saturated heterocycles. The van der Waals surface area contributed by atoms with Gasteiger partial charge in [-0.05, 0) is 52.1 Å². The molecule has 1 aromatic carbocycles. The van der Waals surface area contributed by atoms with Crippen LogP contribution in [-0.2, 0) is 5.41 Å². The molecule has 0 N–H and O–H groups in total. The molecule has 0 atom stereocenters. The van der Waals surface area contributed by atoms with Gasteiger partial charge >= 0.3 is 23.1 Å². The van der Waals surface area contributed by atoms with E-state index in [0.29, 0.717) is 0 Å². The summed E-state index contributed by atoms with van der Waals surface area (Å²) in [4.78, 5) is 0. The van der Waals surface area contributed by atoms with Gasteiger partial charge in [0.25, 0.3) is 9.04 Å². The van der Waals surface area contributed by atoms with Gasteiger partial charge in [0, 0.05) is 0 Å². The molecule has 0 spiro atoms. The first-order chi connectivity index (χ1) is 6.80. The Labute approximate surface area is 128 Å². The molecule has 0 aromatic heterocycles. The molecule has 1 rings (SSSR count). The molecule has 0 fully saturated rings. The van der Waals surface area contributed by atoms with Crippen molar-refractivity contribution in [2.24, 2.45) is 0 Å². The number of halogens is 1. The van der Waals surface area contributed by atoms with Gasteiger partial charge in [-0.2, -0.15) is 0 Å². The quantitative estimate of drug-likeness (QED) is 0.743. The second kappa shape index (κ2) is 6.42. The summed E-state index contributed by atoms with van der Waals surface area (Å²) in [6.07, 6.45) is 0. The SMILES string of the molecule is C[Si](C)Oc1cc(C(C)(C)C)ccc1Br.[H-].[H-].[Mg+2]. The summed E-state index contributed by atoms with van der Waals surface area (Å²) in [5.74, 6) is 0.973. The standard InChI is InChI=1S/C12H18BrOSi.Mg.2H/c1-12(2,3)9-6-7-10(13)11(8-9)14-15(4)5;;;/h6-8H,1-5H3;;;/q;+2;2*-1. The largest absolute Gasteiger partial charge is 2.00 e. The van der Waals surface area contributed by atoms with Crippen LogP contribution in [0.5, 0.6) is 5.75 Å². The van der Waals surface area contributed by atoms with Crippen LogP contribution in [0.15, 0.2) is 22.7 Å². The summed E-state index contributed by atoms with van der Waals surface area (Å²) in [5.41, 5.74) is 1.48. The van der Waals surface area contributed by atoms with Gasteiger partial charge < -0.3 is 7.28 Å². The third-order valence-corrected chi connectivity index (χ3v) is 3.39. The Morgan fingerprint density at radius 3 is 2.25 bits per heavy atom. The van der Waals surface area contributed by atoms with Crippen molar-refractivity contribution in [3.05, 3.63) is 28.2 Å². The molecule has 0 saturated carbocycles. The van der Waals surface area contributed by atoms with Crippen molar-refractivity contribution in [3.63, 3.8) is 0 Å². The van der Waals surface area contributed by atoms with Crippen LogP contribution < -0.4 is 4.43 Å². The van der Waals surface area contributed by atoms with Crippen LogP contribution in [0.2, 0.25) is 13.1 Å². The van der Waals surface area contributed by atoms with Gasteiger partial charge in [-0.25, -0.2) is 0 Å². The summed E-state index contributed by atoms with van der Waals surface area (Å²) in [6, 6.07) is 6.36. The molecule has 1 radical (unpaired) electrons. The molecule has 87 valence electrons. The van der Waals surface area contributed by atoms with Crippen LogP contribution in [0.3, 0.4) is 0 Å². The zero-order valence-electron chi connectivity index (χ0n) is 12.7. The third kappa shape index (κ3) is 4.77. The van der Waals surface area contributed by atoms with Gasteiger partial charge in [0.15, 0.2) is 0 Å². The average molecular weight is 313 g/mol. The molecule has 0 unspecified atom stereocenters. The van der Waals surface area contributed by atoms with E-state index in [1.165, 1.54) is 5.56 Å². The molecule has 1 aromatic rings. The van der Waals surface area contributed by atoms with Gasteiger partial charge in [0.2, 0.25) is 0 Å². The average Bonchev–Trinajstić information content (AvgIpc) is 2.06. The number of benzene rings is 1. The van der Waals surface area contributed by atoms with Gasteiger partial charge in [-0.15, -0.1) is 0 Å². The number of hydrogen-bond donors (Lipinski definition) is 0. The molecular weight excluding hydrogens is 292 g/mol. The molecule has 1 nitrogen and oxygen atoms in total. The van der Waals surface area contributed by atoms with E-state index in [1.807, 2.05) is 0 Å². The van der Waals surface area contributed by atoms with Crippen LogP contribution >= 0.6 is 15.9 Å². The fraction of sp³-hybridized carbons (Fsp3) is 0.500. The maximum atomic E-state index is 5.84. The zero-order valence-corrected chi connectivity index (χ0v) is 14.7. The predicted molar refractivity (Wildman–Crippen MR) is 78.9 cm³/mol. The van der Waals surface area contributed by atoms with Crippen molar-refractivity contribution in [3.8, 4) is 5.75 Å². The molecule has 0 aliphatic carbocycles. The van der Waals surface area contributed by atoms with Crippen LogP contribution in [0, 0.1) is 0 Å². The second-order valence-corrected chi connectivity index (χ2v) is 7.78. The van der Waals surface area contributed by atoms with E-state index in [1.54, 1.807) is 0 Å². The maximum absolute atomic E-state index is 5.84. The van der Waals surface area contributed by atoms with E-state index in [2.05, 4.69) is 68.0 Å². The smallest absolute Gasteiger partial charge is 1.00 e. The normalized spacial score (nSPS) is 11.2. The van der Waals surface area contributed by atoms with Gasteiger partial charge in [-0.3, -0.25) is 0 Å². The van der Waals surface area contributed by atoms with E-state index >= 15 is 0 Å². The fourth-order valence-electron chi connectivity index (χ4n) is 1.27. The van der Waals surface area contributed by atoms with Gasteiger partial charge in [0.05, 0.1) is 4.47 Å². The predicted octanol–water partition coefficient (Wildman–Crippen LogP) is 4.22. The molecule has 16 heavy (non-hydrogen) atoms. The summed E-state index contributed by atoms with van der Waals surface area (Å²) in [5, 5.41) is 0. The number of hydrogen-bond acceptors (Lipinski definition) is 1. The van der Waals surface area contributed by atoms with Crippen LogP contribution in [0.1, 0.15) is 29.2 Å². The summed E-state index contributed by atoms with van der Waals surface area (Å²) >= 11 is 3.52. The van der Waals surface area contributed by atoms with Crippen LogP contribution in [0.25, 0.3) is 0 Å². The van der Waals surface area contributed by atoms with Crippen molar-refractivity contribution in [1.82, 2.24) is 0 Å². The van der Waals surface area contributed by atoms with Crippen molar-refractivity contribution < 1.29 is 7.28 Å². The zero-order chi connectivity index (χ0) is 11.6. The Bertz CT molecular complexity index is 356. The Kier molecular flexibility index (Phi) is 6.62. The van der Waals surface area contributed by atoms with Crippen LogP contribution in [-0.4, -0.2) is 32.1 Å². The van der Waals surface area contributed by atoms with Gasteiger partial charge in [-0.1, -0.05) is 26.8 Å². The van der Waals surface area contributed by atoms with E-state index in [-0.39, 0.29) is 31.3 Å². The summed E-state index contributed by atoms with van der Waals surface area (Å²) < 4.78 is 6.88. The van der Waals surface area contributed by atoms with Crippen molar-refractivity contribution in [2.75, 3.05) is 0 Å². The van der Waals surface area contributed by atoms with E-state index in [4.69, 9.17) is 4.43 Å². The molecule has 0 amide bonds. The van der Waals surface area contributed by atoms with Crippen LogP contribution in [0.4, 0.5) is 0 Å². The van der Waals surface area contributed by atoms with Gasteiger partial charge in [0.1, 0.15) is 5.75 Å². The maximum Gasteiger partial charge on any atom is 2.00 e. The van der Waals surface area contributed by atoms with Crippen molar-refractivity contribution in [1.29, 1.82) is 0 Å².